The zero-order valence-electron chi connectivity index (χ0n) is 12.0. The fourth-order valence-electron chi connectivity index (χ4n) is 2.55. The van der Waals surface area contributed by atoms with E-state index < -0.39 is 12.0 Å². The van der Waals surface area contributed by atoms with Gasteiger partial charge in [0.15, 0.2) is 6.04 Å². The van der Waals surface area contributed by atoms with E-state index in [0.29, 0.717) is 25.2 Å². The van der Waals surface area contributed by atoms with Gasteiger partial charge in [-0.1, -0.05) is 18.2 Å². The number of amides is 1. The zero-order chi connectivity index (χ0) is 15.2. The van der Waals surface area contributed by atoms with Crippen molar-refractivity contribution >= 4 is 11.9 Å². The van der Waals surface area contributed by atoms with E-state index in [0.717, 1.165) is 4.90 Å². The van der Waals surface area contributed by atoms with Gasteiger partial charge in [0.25, 0.3) is 5.91 Å². The maximum absolute atomic E-state index is 13.7. The van der Waals surface area contributed by atoms with Crippen LogP contribution in [0.4, 0.5) is 4.39 Å². The van der Waals surface area contributed by atoms with Gasteiger partial charge in [-0.15, -0.1) is 0 Å². The molecule has 1 aliphatic heterocycles. The third-order valence-corrected chi connectivity index (χ3v) is 3.61. The molecule has 1 aromatic carbocycles. The Morgan fingerprint density at radius 3 is 2.95 bits per heavy atom. The molecule has 21 heavy (non-hydrogen) atoms. The topological polar surface area (TPSA) is 59.8 Å². The van der Waals surface area contributed by atoms with Gasteiger partial charge in [-0.05, 0) is 13.0 Å². The molecule has 0 aromatic heterocycles. The highest BCUT2D eigenvalue weighted by Gasteiger charge is 2.36. The summed E-state index contributed by atoms with van der Waals surface area (Å²) in [5, 5.41) is 2.75. The summed E-state index contributed by atoms with van der Waals surface area (Å²) in [6.07, 6.45) is 0.0173. The summed E-state index contributed by atoms with van der Waals surface area (Å²) >= 11 is 0. The maximum Gasteiger partial charge on any atom is 0.312 e. The minimum atomic E-state index is -0.530. The molecule has 1 aliphatic rings. The van der Waals surface area contributed by atoms with E-state index in [2.05, 4.69) is 5.32 Å². The molecule has 5 nitrogen and oxygen atoms in total. The normalized spacial score (nSPS) is 21.7. The summed E-state index contributed by atoms with van der Waals surface area (Å²) in [6, 6.07) is 5.97. The third-order valence-electron chi connectivity index (χ3n) is 3.61. The first-order chi connectivity index (χ1) is 10.1. The third kappa shape index (κ3) is 4.01. The number of benzene rings is 1. The largest absolute Gasteiger partial charge is 0.466 e. The number of hydrogen-bond donors (Lipinski definition) is 2. The predicted molar refractivity (Wildman–Crippen MR) is 74.0 cm³/mol. The van der Waals surface area contributed by atoms with E-state index in [9.17, 15) is 14.0 Å². The number of esters is 1. The quantitative estimate of drug-likeness (QED) is 0.731. The molecule has 0 saturated carbocycles. The van der Waals surface area contributed by atoms with E-state index in [4.69, 9.17) is 4.74 Å². The van der Waals surface area contributed by atoms with Crippen LogP contribution in [0.15, 0.2) is 24.3 Å². The van der Waals surface area contributed by atoms with Crippen molar-refractivity contribution in [2.24, 2.45) is 0 Å². The molecule has 0 bridgehead atoms. The molecule has 2 rings (SSSR count). The molecule has 1 aromatic rings. The number of ether oxygens (including phenoxy) is 1. The highest BCUT2D eigenvalue weighted by atomic mass is 19.1. The Morgan fingerprint density at radius 1 is 1.48 bits per heavy atom. The molecular formula is C15H20FN2O3+. The monoisotopic (exact) mass is 295 g/mol. The molecule has 114 valence electrons. The van der Waals surface area contributed by atoms with Crippen LogP contribution < -0.4 is 10.2 Å². The Labute approximate surface area is 123 Å². The average molecular weight is 295 g/mol. The van der Waals surface area contributed by atoms with Crippen LogP contribution in [-0.2, 0) is 20.9 Å². The van der Waals surface area contributed by atoms with Gasteiger partial charge in [-0.3, -0.25) is 9.59 Å². The fraction of sp³-hybridized carbons (Fsp3) is 0.467. The van der Waals surface area contributed by atoms with Crippen LogP contribution in [0.2, 0.25) is 0 Å². The van der Waals surface area contributed by atoms with Crippen LogP contribution in [0.5, 0.6) is 0 Å². The number of carbonyl (C=O) groups excluding carboxylic acids is 2. The zero-order valence-corrected chi connectivity index (χ0v) is 12.0. The summed E-state index contributed by atoms with van der Waals surface area (Å²) in [4.78, 5) is 24.5. The van der Waals surface area contributed by atoms with Gasteiger partial charge < -0.3 is 15.0 Å². The molecule has 1 unspecified atom stereocenters. The molecule has 2 atom stereocenters. The first-order valence-corrected chi connectivity index (χ1v) is 7.13. The molecule has 0 spiro atoms. The van der Waals surface area contributed by atoms with Gasteiger partial charge in [-0.2, -0.15) is 0 Å². The van der Waals surface area contributed by atoms with Crippen molar-refractivity contribution in [1.29, 1.82) is 0 Å². The molecular weight excluding hydrogens is 275 g/mol. The van der Waals surface area contributed by atoms with Gasteiger partial charge in [0.2, 0.25) is 0 Å². The van der Waals surface area contributed by atoms with Gasteiger partial charge in [0.05, 0.1) is 19.7 Å². The lowest BCUT2D eigenvalue weighted by atomic mass is 10.1. The number of halogens is 1. The van der Waals surface area contributed by atoms with Crippen molar-refractivity contribution < 1.29 is 23.6 Å². The summed E-state index contributed by atoms with van der Waals surface area (Å²) in [5.41, 5.74) is 0.552. The van der Waals surface area contributed by atoms with Crippen molar-refractivity contribution in [3.05, 3.63) is 35.6 Å². The highest BCUT2D eigenvalue weighted by molar-refractivity contribution is 5.85. The standard InChI is InChI=1S/C15H19FN2O3/c1-2-21-14(19)9-13-15(20)17-7-8-18(13)10-11-5-3-4-6-12(11)16/h3-6,13H,2,7-10H2,1H3,(H,17,20)/p+1/t13-/m1/s1. The lowest BCUT2D eigenvalue weighted by molar-refractivity contribution is -0.930. The minimum Gasteiger partial charge on any atom is -0.466 e. The Hall–Kier alpha value is -1.95. The van der Waals surface area contributed by atoms with E-state index >= 15 is 0 Å². The summed E-state index contributed by atoms with van der Waals surface area (Å²) in [7, 11) is 0. The molecule has 0 radical (unpaired) electrons. The van der Waals surface area contributed by atoms with Crippen LogP contribution in [-0.4, -0.2) is 37.6 Å². The number of hydrogen-bond acceptors (Lipinski definition) is 3. The number of rotatable bonds is 5. The van der Waals surface area contributed by atoms with Crippen LogP contribution in [0.3, 0.4) is 0 Å². The Balaban J connectivity index is 2.09. The van der Waals surface area contributed by atoms with Gasteiger partial charge >= 0.3 is 5.97 Å². The van der Waals surface area contributed by atoms with Crippen LogP contribution >= 0.6 is 0 Å². The van der Waals surface area contributed by atoms with Crippen LogP contribution in [0, 0.1) is 5.82 Å². The maximum atomic E-state index is 13.7. The summed E-state index contributed by atoms with van der Waals surface area (Å²) < 4.78 is 18.7. The van der Waals surface area contributed by atoms with Crippen molar-refractivity contribution in [2.45, 2.75) is 25.9 Å². The minimum absolute atomic E-state index is 0.0173. The second-order valence-electron chi connectivity index (χ2n) is 5.03. The van der Waals surface area contributed by atoms with Crippen molar-refractivity contribution in [3.8, 4) is 0 Å². The Bertz CT molecular complexity index is 521. The van der Waals surface area contributed by atoms with E-state index in [1.807, 2.05) is 0 Å². The Morgan fingerprint density at radius 2 is 2.24 bits per heavy atom. The molecule has 0 aliphatic carbocycles. The fourth-order valence-corrected chi connectivity index (χ4v) is 2.55. The lowest BCUT2D eigenvalue weighted by Crippen LogP contribution is -3.18. The second-order valence-corrected chi connectivity index (χ2v) is 5.03. The van der Waals surface area contributed by atoms with Gasteiger partial charge in [-0.25, -0.2) is 4.39 Å². The van der Waals surface area contributed by atoms with Gasteiger partial charge in [0, 0.05) is 5.56 Å². The van der Waals surface area contributed by atoms with Crippen LogP contribution in [0.25, 0.3) is 0 Å². The SMILES string of the molecule is CCOC(=O)C[C@@H]1C(=O)NCC[NH+]1Cc1ccccc1F. The van der Waals surface area contributed by atoms with E-state index in [1.165, 1.54) is 6.07 Å². The van der Waals surface area contributed by atoms with Crippen molar-refractivity contribution in [2.75, 3.05) is 19.7 Å². The highest BCUT2D eigenvalue weighted by Crippen LogP contribution is 2.05. The first-order valence-electron chi connectivity index (χ1n) is 7.13. The number of piperazine rings is 1. The molecule has 2 N–H and O–H groups in total. The van der Waals surface area contributed by atoms with Crippen LogP contribution in [0.1, 0.15) is 18.9 Å². The summed E-state index contributed by atoms with van der Waals surface area (Å²) in [5.74, 6) is -0.864. The predicted octanol–water partition coefficient (Wildman–Crippen LogP) is -0.338. The van der Waals surface area contributed by atoms with Crippen molar-refractivity contribution in [3.63, 3.8) is 0 Å². The molecule has 6 heteroatoms. The first kappa shape index (κ1) is 15.4. The molecule has 1 heterocycles. The number of quaternary nitrogens is 1. The van der Waals surface area contributed by atoms with E-state index in [-0.39, 0.29) is 24.8 Å². The smallest absolute Gasteiger partial charge is 0.312 e. The van der Waals surface area contributed by atoms with E-state index in [1.54, 1.807) is 25.1 Å². The molecule has 1 fully saturated rings. The second kappa shape index (κ2) is 7.17. The number of carbonyl (C=O) groups is 2. The Kier molecular flexibility index (Phi) is 5.27. The summed E-state index contributed by atoms with van der Waals surface area (Å²) in [6.45, 7) is 3.58. The van der Waals surface area contributed by atoms with Crippen molar-refractivity contribution in [1.82, 2.24) is 5.32 Å². The van der Waals surface area contributed by atoms with Gasteiger partial charge in [0.1, 0.15) is 18.8 Å². The lowest BCUT2D eigenvalue weighted by Gasteiger charge is -2.31. The number of nitrogens with one attached hydrogen (secondary N) is 2. The molecule has 1 saturated heterocycles. The average Bonchev–Trinajstić information content (AvgIpc) is 2.45. The molecule has 1 amide bonds.